The second kappa shape index (κ2) is 8.52. The third kappa shape index (κ3) is 4.96. The number of aromatic nitrogens is 2. The van der Waals surface area contributed by atoms with E-state index in [1.165, 1.54) is 27.9 Å². The van der Waals surface area contributed by atoms with Crippen LogP contribution < -0.4 is 5.32 Å². The van der Waals surface area contributed by atoms with Gasteiger partial charge in [0.15, 0.2) is 0 Å². The van der Waals surface area contributed by atoms with Crippen LogP contribution in [-0.4, -0.2) is 15.7 Å². The summed E-state index contributed by atoms with van der Waals surface area (Å²) in [6.07, 6.45) is 1.23. The molecular formula is C22H33N3O. The Morgan fingerprint density at radius 1 is 1.15 bits per heavy atom. The lowest BCUT2D eigenvalue weighted by Crippen LogP contribution is -2.27. The predicted molar refractivity (Wildman–Crippen MR) is 107 cm³/mol. The van der Waals surface area contributed by atoms with Crippen LogP contribution in [0.2, 0.25) is 0 Å². The first-order valence-electron chi connectivity index (χ1n) is 9.58. The van der Waals surface area contributed by atoms with Gasteiger partial charge in [0.2, 0.25) is 5.91 Å². The van der Waals surface area contributed by atoms with Crippen LogP contribution in [0.3, 0.4) is 0 Å². The maximum atomic E-state index is 12.5. The van der Waals surface area contributed by atoms with Crippen LogP contribution in [0.4, 0.5) is 0 Å². The highest BCUT2D eigenvalue weighted by Gasteiger charge is 2.16. The molecule has 4 nitrogen and oxygen atoms in total. The Morgan fingerprint density at radius 2 is 1.85 bits per heavy atom. The number of nitrogens with zero attached hydrogens (tertiary/aromatic N) is 2. The standard InChI is InChI=1S/C22H33N3O/c1-14(2)13-25-19(7)20(18(6)24-25)10-11-22(26)23-17(5)21-12-15(3)8-9-16(21)4/h8-9,12,14,17H,10-11,13H2,1-7H3,(H,23,26). The van der Waals surface area contributed by atoms with Gasteiger partial charge in [0.1, 0.15) is 0 Å². The molecule has 2 rings (SSSR count). The van der Waals surface area contributed by atoms with Gasteiger partial charge in [-0.3, -0.25) is 9.48 Å². The summed E-state index contributed by atoms with van der Waals surface area (Å²) in [6, 6.07) is 6.40. The summed E-state index contributed by atoms with van der Waals surface area (Å²) in [7, 11) is 0. The van der Waals surface area contributed by atoms with E-state index in [-0.39, 0.29) is 11.9 Å². The molecule has 142 valence electrons. The highest BCUT2D eigenvalue weighted by atomic mass is 16.1. The summed E-state index contributed by atoms with van der Waals surface area (Å²) in [5.74, 6) is 0.649. The van der Waals surface area contributed by atoms with Crippen LogP contribution in [0, 0.1) is 33.6 Å². The van der Waals surface area contributed by atoms with Gasteiger partial charge in [0.05, 0.1) is 11.7 Å². The van der Waals surface area contributed by atoms with E-state index in [9.17, 15) is 4.79 Å². The van der Waals surface area contributed by atoms with E-state index in [2.05, 4.69) is 74.8 Å². The fourth-order valence-corrected chi connectivity index (χ4v) is 3.48. The van der Waals surface area contributed by atoms with Crippen molar-refractivity contribution in [3.05, 3.63) is 51.8 Å². The molecule has 0 fully saturated rings. The molecule has 2 aromatic rings. The number of rotatable bonds is 7. The quantitative estimate of drug-likeness (QED) is 0.790. The van der Waals surface area contributed by atoms with Crippen molar-refractivity contribution in [1.82, 2.24) is 15.1 Å². The molecule has 0 aliphatic rings. The lowest BCUT2D eigenvalue weighted by Gasteiger charge is -2.17. The Labute approximate surface area is 158 Å². The molecule has 1 aromatic heterocycles. The number of amides is 1. The zero-order valence-electron chi connectivity index (χ0n) is 17.3. The Balaban J connectivity index is 1.99. The number of carbonyl (C=O) groups is 1. The normalized spacial score (nSPS) is 12.5. The summed E-state index contributed by atoms with van der Waals surface area (Å²) in [6.45, 7) is 15.7. The van der Waals surface area contributed by atoms with Crippen LogP contribution in [0.15, 0.2) is 18.2 Å². The van der Waals surface area contributed by atoms with E-state index < -0.39 is 0 Å². The molecule has 0 saturated carbocycles. The summed E-state index contributed by atoms with van der Waals surface area (Å²) in [5, 5.41) is 7.79. The molecule has 0 aliphatic carbocycles. The SMILES string of the molecule is Cc1ccc(C)c(C(C)NC(=O)CCc2c(C)nn(CC(C)C)c2C)c1. The van der Waals surface area contributed by atoms with Gasteiger partial charge < -0.3 is 5.32 Å². The number of hydrogen-bond acceptors (Lipinski definition) is 2. The van der Waals surface area contributed by atoms with Gasteiger partial charge in [-0.05, 0) is 63.6 Å². The minimum absolute atomic E-state index is 0.0215. The van der Waals surface area contributed by atoms with Gasteiger partial charge in [-0.1, -0.05) is 37.6 Å². The Morgan fingerprint density at radius 3 is 2.50 bits per heavy atom. The summed E-state index contributed by atoms with van der Waals surface area (Å²) >= 11 is 0. The average molecular weight is 356 g/mol. The first-order valence-corrected chi connectivity index (χ1v) is 9.58. The highest BCUT2D eigenvalue weighted by Crippen LogP contribution is 2.20. The molecular weight excluding hydrogens is 322 g/mol. The second-order valence-corrected chi connectivity index (χ2v) is 7.87. The predicted octanol–water partition coefficient (Wildman–Crippen LogP) is 4.58. The summed E-state index contributed by atoms with van der Waals surface area (Å²) in [4.78, 5) is 12.5. The van der Waals surface area contributed by atoms with Crippen LogP contribution in [0.1, 0.15) is 66.9 Å². The zero-order valence-corrected chi connectivity index (χ0v) is 17.3. The van der Waals surface area contributed by atoms with Crippen LogP contribution in [0.25, 0.3) is 0 Å². The number of aryl methyl sites for hydroxylation is 3. The number of hydrogen-bond donors (Lipinski definition) is 1. The average Bonchev–Trinajstić information content (AvgIpc) is 2.80. The third-order valence-corrected chi connectivity index (χ3v) is 4.95. The van der Waals surface area contributed by atoms with Crippen molar-refractivity contribution in [2.24, 2.45) is 5.92 Å². The van der Waals surface area contributed by atoms with E-state index in [4.69, 9.17) is 0 Å². The van der Waals surface area contributed by atoms with E-state index in [1.807, 2.05) is 6.92 Å². The fraction of sp³-hybridized carbons (Fsp3) is 0.545. The topological polar surface area (TPSA) is 46.9 Å². The molecule has 1 aromatic carbocycles. The van der Waals surface area contributed by atoms with E-state index in [0.717, 1.165) is 18.7 Å². The molecule has 26 heavy (non-hydrogen) atoms. The number of benzene rings is 1. The van der Waals surface area contributed by atoms with Crippen molar-refractivity contribution in [1.29, 1.82) is 0 Å². The fourth-order valence-electron chi connectivity index (χ4n) is 3.48. The Hall–Kier alpha value is -2.10. The van der Waals surface area contributed by atoms with Gasteiger partial charge >= 0.3 is 0 Å². The minimum atomic E-state index is 0.0215. The maximum absolute atomic E-state index is 12.5. The summed E-state index contributed by atoms with van der Waals surface area (Å²) < 4.78 is 2.08. The van der Waals surface area contributed by atoms with Crippen molar-refractivity contribution < 1.29 is 4.79 Å². The van der Waals surface area contributed by atoms with Gasteiger partial charge in [-0.25, -0.2) is 0 Å². The van der Waals surface area contributed by atoms with Crippen molar-refractivity contribution in [3.63, 3.8) is 0 Å². The molecule has 0 radical (unpaired) electrons. The van der Waals surface area contributed by atoms with Crippen LogP contribution in [-0.2, 0) is 17.8 Å². The lowest BCUT2D eigenvalue weighted by molar-refractivity contribution is -0.121. The van der Waals surface area contributed by atoms with Gasteiger partial charge in [-0.2, -0.15) is 5.10 Å². The van der Waals surface area contributed by atoms with E-state index >= 15 is 0 Å². The van der Waals surface area contributed by atoms with Crippen molar-refractivity contribution in [2.75, 3.05) is 0 Å². The number of nitrogens with one attached hydrogen (secondary N) is 1. The molecule has 0 aliphatic heterocycles. The van der Waals surface area contributed by atoms with Crippen LogP contribution in [0.5, 0.6) is 0 Å². The van der Waals surface area contributed by atoms with Gasteiger partial charge in [0.25, 0.3) is 0 Å². The molecule has 1 unspecified atom stereocenters. The molecule has 1 heterocycles. The smallest absolute Gasteiger partial charge is 0.220 e. The first-order chi connectivity index (χ1) is 12.2. The second-order valence-electron chi connectivity index (χ2n) is 7.87. The van der Waals surface area contributed by atoms with Crippen molar-refractivity contribution >= 4 is 5.91 Å². The zero-order chi connectivity index (χ0) is 19.4. The van der Waals surface area contributed by atoms with E-state index in [1.54, 1.807) is 0 Å². The molecule has 0 bridgehead atoms. The van der Waals surface area contributed by atoms with Crippen molar-refractivity contribution in [3.8, 4) is 0 Å². The van der Waals surface area contributed by atoms with Crippen LogP contribution >= 0.6 is 0 Å². The Bertz CT molecular complexity index is 774. The largest absolute Gasteiger partial charge is 0.350 e. The van der Waals surface area contributed by atoms with E-state index in [0.29, 0.717) is 12.3 Å². The van der Waals surface area contributed by atoms with Gasteiger partial charge in [-0.15, -0.1) is 0 Å². The highest BCUT2D eigenvalue weighted by molar-refractivity contribution is 5.76. The first kappa shape index (κ1) is 20.2. The maximum Gasteiger partial charge on any atom is 0.220 e. The molecule has 1 amide bonds. The molecule has 4 heteroatoms. The molecule has 1 atom stereocenters. The molecule has 0 spiro atoms. The number of carbonyl (C=O) groups excluding carboxylic acids is 1. The minimum Gasteiger partial charge on any atom is -0.350 e. The molecule has 1 N–H and O–H groups in total. The summed E-state index contributed by atoms with van der Waals surface area (Å²) in [5.41, 5.74) is 7.06. The third-order valence-electron chi connectivity index (χ3n) is 4.95. The van der Waals surface area contributed by atoms with Crippen molar-refractivity contribution in [2.45, 2.75) is 73.9 Å². The van der Waals surface area contributed by atoms with Gasteiger partial charge in [0, 0.05) is 18.7 Å². The Kier molecular flexibility index (Phi) is 6.63. The molecule has 0 saturated heterocycles. The lowest BCUT2D eigenvalue weighted by atomic mass is 9.99. The monoisotopic (exact) mass is 355 g/mol.